The van der Waals surface area contributed by atoms with Gasteiger partial charge in [0, 0.05) is 30.1 Å². The Bertz CT molecular complexity index is 626. The maximum Gasteiger partial charge on any atom is 0.304 e. The summed E-state index contributed by atoms with van der Waals surface area (Å²) in [5.41, 5.74) is 1.70. The van der Waals surface area contributed by atoms with Crippen LogP contribution in [0.4, 0.5) is 0 Å². The van der Waals surface area contributed by atoms with E-state index < -0.39 is 11.4 Å². The fourth-order valence-corrected chi connectivity index (χ4v) is 2.50. The van der Waals surface area contributed by atoms with E-state index in [1.165, 1.54) is 0 Å². The van der Waals surface area contributed by atoms with Gasteiger partial charge in [0.1, 0.15) is 5.75 Å². The van der Waals surface area contributed by atoms with E-state index in [1.807, 2.05) is 49.9 Å². The summed E-state index contributed by atoms with van der Waals surface area (Å²) in [6, 6.07) is 5.87. The lowest BCUT2D eigenvalue weighted by molar-refractivity contribution is -0.138. The molecule has 102 valence electrons. The van der Waals surface area contributed by atoms with E-state index in [0.717, 1.165) is 22.2 Å². The van der Waals surface area contributed by atoms with Crippen LogP contribution in [0.1, 0.15) is 25.8 Å². The lowest BCUT2D eigenvalue weighted by Crippen LogP contribution is -2.21. The molecular formula is C15H19NO3. The molecule has 1 aromatic heterocycles. The van der Waals surface area contributed by atoms with Gasteiger partial charge in [-0.05, 0) is 17.7 Å². The third-order valence-electron chi connectivity index (χ3n) is 3.52. The van der Waals surface area contributed by atoms with Crippen molar-refractivity contribution in [2.75, 3.05) is 7.11 Å². The molecule has 0 aliphatic carbocycles. The molecule has 2 rings (SSSR count). The van der Waals surface area contributed by atoms with Crippen LogP contribution in [-0.4, -0.2) is 22.8 Å². The molecule has 0 radical (unpaired) electrons. The Morgan fingerprint density at radius 1 is 1.42 bits per heavy atom. The average molecular weight is 261 g/mol. The van der Waals surface area contributed by atoms with Gasteiger partial charge in [-0.2, -0.15) is 0 Å². The van der Waals surface area contributed by atoms with E-state index in [9.17, 15) is 4.79 Å². The molecule has 4 nitrogen and oxygen atoms in total. The van der Waals surface area contributed by atoms with E-state index in [1.54, 1.807) is 7.11 Å². The Balaban J connectivity index is 2.59. The van der Waals surface area contributed by atoms with Crippen molar-refractivity contribution in [2.24, 2.45) is 7.05 Å². The molecule has 4 heteroatoms. The zero-order valence-corrected chi connectivity index (χ0v) is 11.7. The minimum absolute atomic E-state index is 0.109. The van der Waals surface area contributed by atoms with E-state index in [-0.39, 0.29) is 6.42 Å². The number of ether oxygens (including phenoxy) is 1. The van der Waals surface area contributed by atoms with E-state index >= 15 is 0 Å². The summed E-state index contributed by atoms with van der Waals surface area (Å²) in [5, 5.41) is 10.1. The molecule has 0 spiro atoms. The number of methoxy groups -OCH3 is 1. The first-order valence-corrected chi connectivity index (χ1v) is 6.20. The van der Waals surface area contributed by atoms with Gasteiger partial charge >= 0.3 is 5.97 Å². The third-order valence-corrected chi connectivity index (χ3v) is 3.52. The van der Waals surface area contributed by atoms with Crippen LogP contribution in [0.3, 0.4) is 0 Å². The molecule has 1 N–H and O–H groups in total. The van der Waals surface area contributed by atoms with Gasteiger partial charge in [0.15, 0.2) is 0 Å². The van der Waals surface area contributed by atoms with Crippen LogP contribution in [0.15, 0.2) is 24.4 Å². The van der Waals surface area contributed by atoms with Crippen molar-refractivity contribution in [2.45, 2.75) is 25.7 Å². The van der Waals surface area contributed by atoms with Crippen molar-refractivity contribution in [3.05, 3.63) is 30.0 Å². The van der Waals surface area contributed by atoms with Crippen LogP contribution in [-0.2, 0) is 17.3 Å². The minimum atomic E-state index is -0.782. The molecule has 0 aliphatic heterocycles. The summed E-state index contributed by atoms with van der Waals surface area (Å²) in [6.07, 6.45) is 2.12. The molecule has 0 unspecified atom stereocenters. The zero-order chi connectivity index (χ0) is 14.2. The molecule has 1 aromatic carbocycles. The minimum Gasteiger partial charge on any atom is -0.497 e. The highest BCUT2D eigenvalue weighted by Gasteiger charge is 2.27. The summed E-state index contributed by atoms with van der Waals surface area (Å²) >= 11 is 0. The van der Waals surface area contributed by atoms with Gasteiger partial charge in [-0.1, -0.05) is 13.8 Å². The number of hydrogen-bond acceptors (Lipinski definition) is 2. The Hall–Kier alpha value is -1.97. The third kappa shape index (κ3) is 2.43. The number of carboxylic acid groups (broad SMARTS) is 1. The monoisotopic (exact) mass is 261 g/mol. The van der Waals surface area contributed by atoms with Crippen LogP contribution in [0.2, 0.25) is 0 Å². The molecule has 0 saturated carbocycles. The number of aromatic nitrogens is 1. The number of rotatable bonds is 4. The summed E-state index contributed by atoms with van der Waals surface area (Å²) in [6.45, 7) is 3.92. The fraction of sp³-hybridized carbons (Fsp3) is 0.400. The number of fused-ring (bicyclic) bond motifs is 1. The number of nitrogens with zero attached hydrogens (tertiary/aromatic N) is 1. The molecule has 2 aromatic rings. The lowest BCUT2D eigenvalue weighted by atomic mass is 9.81. The first-order chi connectivity index (χ1) is 8.85. The largest absolute Gasteiger partial charge is 0.497 e. The lowest BCUT2D eigenvalue weighted by Gasteiger charge is -2.22. The van der Waals surface area contributed by atoms with Gasteiger partial charge in [0.25, 0.3) is 0 Å². The highest BCUT2D eigenvalue weighted by Crippen LogP contribution is 2.35. The predicted molar refractivity (Wildman–Crippen MR) is 74.7 cm³/mol. The zero-order valence-electron chi connectivity index (χ0n) is 11.7. The van der Waals surface area contributed by atoms with Gasteiger partial charge in [-0.3, -0.25) is 4.79 Å². The maximum atomic E-state index is 11.0. The van der Waals surface area contributed by atoms with Crippen LogP contribution < -0.4 is 4.74 Å². The summed E-state index contributed by atoms with van der Waals surface area (Å²) in [4.78, 5) is 11.0. The number of carboxylic acids is 1. The van der Waals surface area contributed by atoms with Crippen LogP contribution >= 0.6 is 0 Å². The highest BCUT2D eigenvalue weighted by molar-refractivity contribution is 5.87. The van der Waals surface area contributed by atoms with Crippen molar-refractivity contribution < 1.29 is 14.6 Å². The first kappa shape index (κ1) is 13.5. The number of carbonyl (C=O) groups is 1. The van der Waals surface area contributed by atoms with Crippen molar-refractivity contribution in [3.8, 4) is 5.75 Å². The van der Waals surface area contributed by atoms with E-state index in [2.05, 4.69) is 0 Å². The van der Waals surface area contributed by atoms with Crippen molar-refractivity contribution >= 4 is 16.9 Å². The molecule has 1 heterocycles. The second kappa shape index (κ2) is 4.61. The normalized spacial score (nSPS) is 11.8. The van der Waals surface area contributed by atoms with Crippen LogP contribution in [0, 0.1) is 0 Å². The average Bonchev–Trinajstić information content (AvgIpc) is 2.65. The summed E-state index contributed by atoms with van der Waals surface area (Å²) in [5.74, 6) is 0.0202. The van der Waals surface area contributed by atoms with Crippen molar-refractivity contribution in [3.63, 3.8) is 0 Å². The molecule has 0 atom stereocenters. The molecule has 0 saturated heterocycles. The first-order valence-electron chi connectivity index (χ1n) is 6.20. The number of aliphatic carboxylic acids is 1. The predicted octanol–water partition coefficient (Wildman–Crippen LogP) is 2.94. The summed E-state index contributed by atoms with van der Waals surface area (Å²) in [7, 11) is 3.60. The Labute approximate surface area is 112 Å². The number of hydrogen-bond donors (Lipinski definition) is 1. The van der Waals surface area contributed by atoms with E-state index in [0.29, 0.717) is 0 Å². The van der Waals surface area contributed by atoms with Gasteiger partial charge in [-0.25, -0.2) is 0 Å². The smallest absolute Gasteiger partial charge is 0.304 e. The van der Waals surface area contributed by atoms with Crippen LogP contribution in [0.5, 0.6) is 5.75 Å². The quantitative estimate of drug-likeness (QED) is 0.920. The SMILES string of the molecule is COc1ccc2c(C(C)(C)CC(=O)O)cn(C)c2c1. The number of aryl methyl sites for hydroxylation is 1. The maximum absolute atomic E-state index is 11.0. The van der Waals surface area contributed by atoms with Gasteiger partial charge in [0.05, 0.1) is 19.0 Å². The van der Waals surface area contributed by atoms with Crippen LogP contribution in [0.25, 0.3) is 10.9 Å². The molecule has 0 bridgehead atoms. The molecule has 0 amide bonds. The second-order valence-corrected chi connectivity index (χ2v) is 5.49. The molecular weight excluding hydrogens is 242 g/mol. The Kier molecular flexibility index (Phi) is 3.27. The molecule has 0 aliphatic rings. The van der Waals surface area contributed by atoms with Gasteiger partial charge in [-0.15, -0.1) is 0 Å². The van der Waals surface area contributed by atoms with Gasteiger partial charge in [0.2, 0.25) is 0 Å². The summed E-state index contributed by atoms with van der Waals surface area (Å²) < 4.78 is 7.24. The Morgan fingerprint density at radius 2 is 2.11 bits per heavy atom. The number of benzene rings is 1. The van der Waals surface area contributed by atoms with Gasteiger partial charge < -0.3 is 14.4 Å². The standard InChI is InChI=1S/C15H19NO3/c1-15(2,8-14(17)18)12-9-16(3)13-7-10(19-4)5-6-11(12)13/h5-7,9H,8H2,1-4H3,(H,17,18). The Morgan fingerprint density at radius 3 is 2.68 bits per heavy atom. The molecule has 19 heavy (non-hydrogen) atoms. The highest BCUT2D eigenvalue weighted by atomic mass is 16.5. The molecule has 0 fully saturated rings. The van der Waals surface area contributed by atoms with Crippen molar-refractivity contribution in [1.29, 1.82) is 0 Å². The fourth-order valence-electron chi connectivity index (χ4n) is 2.50. The van der Waals surface area contributed by atoms with Crippen molar-refractivity contribution in [1.82, 2.24) is 4.57 Å². The topological polar surface area (TPSA) is 51.5 Å². The van der Waals surface area contributed by atoms with E-state index in [4.69, 9.17) is 9.84 Å². The second-order valence-electron chi connectivity index (χ2n) is 5.49.